The van der Waals surface area contributed by atoms with Crippen molar-refractivity contribution in [3.05, 3.63) is 363 Å². The van der Waals surface area contributed by atoms with Gasteiger partial charge in [0.25, 0.3) is 23.6 Å². The average molecular weight is 1790 g/mol. The van der Waals surface area contributed by atoms with E-state index in [0.29, 0.717) is 24.0 Å². The average Bonchev–Trinajstić information content (AvgIpc) is 0.668. The summed E-state index contributed by atoms with van der Waals surface area (Å²) in [5, 5.41) is 6.35. The lowest BCUT2D eigenvalue weighted by atomic mass is 9.80. The topological polar surface area (TPSA) is 312 Å². The predicted octanol–water partition coefficient (Wildman–Crippen LogP) is 21.9. The summed E-state index contributed by atoms with van der Waals surface area (Å²) < 4.78 is 76.5. The maximum Gasteiger partial charge on any atom is 0.335 e. The van der Waals surface area contributed by atoms with Crippen LogP contribution in [0.3, 0.4) is 0 Å². The van der Waals surface area contributed by atoms with Crippen LogP contribution in [-0.4, -0.2) is 94.3 Å². The molecule has 2 unspecified atom stereocenters. The fourth-order valence-corrected chi connectivity index (χ4v) is 15.8. The number of carbonyl (C=O) groups excluding carboxylic acids is 10. The van der Waals surface area contributed by atoms with Gasteiger partial charge < -0.3 is 67.5 Å². The maximum absolute atomic E-state index is 16.8. The van der Waals surface area contributed by atoms with Crippen LogP contribution in [0.2, 0.25) is 0 Å². The zero-order valence-electron chi connectivity index (χ0n) is 72.0. The maximum atomic E-state index is 16.8. The lowest BCUT2D eigenvalue weighted by Crippen LogP contribution is -2.54. The molecule has 0 aliphatic carbocycles. The van der Waals surface area contributed by atoms with E-state index in [1.54, 1.807) is 231 Å². The van der Waals surface area contributed by atoms with Crippen molar-refractivity contribution in [2.45, 2.75) is 51.6 Å². The fourth-order valence-electron chi connectivity index (χ4n) is 15.8. The SMILES string of the molecule is C=CC(=O)Oc1cccc(Oc2ccc(Oc3cc4c5c(cc(Oc6ccc(Oc7cccc(OC(=O)C=C)c7)cc6)c6c7c(Oc8ccc(Oc9cccc(OC(=O)C=C)c9)cc8)cc8c9c(cc(Oc%10ccc(Oc%11cccc(OC(=O)C=C)c%11)cc%10)c(c3c56)c97)C(=O)N(C(Cc3ccccc3)C(=O)NCCC)C8=O)C(=O)N(C(Cc3ccccc3)C(=O)NCCC)C4=O)cc2)c1. The third-order valence-corrected chi connectivity index (χ3v) is 21.7. The second-order valence-corrected chi connectivity index (χ2v) is 30.7. The molecule has 26 nitrogen and oxygen atoms in total. The number of ether oxygens (including phenoxy) is 12. The number of hydrogen-bond acceptors (Lipinski definition) is 22. The Morgan fingerprint density at radius 2 is 0.493 bits per heavy atom. The number of rotatable bonds is 36. The normalized spacial score (nSPS) is 12.4. The van der Waals surface area contributed by atoms with Gasteiger partial charge in [0, 0.05) is 118 Å². The molecule has 2 atom stereocenters. The van der Waals surface area contributed by atoms with E-state index < -0.39 is 71.4 Å². The molecule has 17 rings (SSSR count). The van der Waals surface area contributed by atoms with Crippen molar-refractivity contribution < 1.29 is 105 Å². The van der Waals surface area contributed by atoms with Crippen molar-refractivity contribution in [3.63, 3.8) is 0 Å². The van der Waals surface area contributed by atoms with Gasteiger partial charge in [-0.25, -0.2) is 19.2 Å². The van der Waals surface area contributed by atoms with E-state index in [9.17, 15) is 19.2 Å². The van der Waals surface area contributed by atoms with Crippen molar-refractivity contribution in [1.29, 1.82) is 0 Å². The van der Waals surface area contributed by atoms with Crippen LogP contribution < -0.4 is 67.5 Å². The Kier molecular flexibility index (Phi) is 25.6. The van der Waals surface area contributed by atoms with Crippen molar-refractivity contribution in [3.8, 4) is 115 Å². The van der Waals surface area contributed by atoms with Crippen molar-refractivity contribution in [2.24, 2.45) is 0 Å². The molecular weight excluding hydrogens is 1710 g/mol. The Balaban J connectivity index is 0.962. The van der Waals surface area contributed by atoms with E-state index in [0.717, 1.165) is 34.1 Å². The van der Waals surface area contributed by atoms with Crippen molar-refractivity contribution in [2.75, 3.05) is 13.1 Å². The number of nitrogens with one attached hydrogen (secondary N) is 2. The first-order chi connectivity index (χ1) is 65.2. The molecular formula is C108H80N4O22. The molecule has 2 heterocycles. The second kappa shape index (κ2) is 38.9. The van der Waals surface area contributed by atoms with E-state index in [1.165, 1.54) is 48.5 Å². The number of fused-ring (bicyclic) bond motifs is 2. The van der Waals surface area contributed by atoms with Gasteiger partial charge in [0.05, 0.1) is 22.3 Å². The summed E-state index contributed by atoms with van der Waals surface area (Å²) in [7, 11) is 0. The number of esters is 4. The summed E-state index contributed by atoms with van der Waals surface area (Å²) in [6.07, 6.45) is 4.77. The highest BCUT2D eigenvalue weighted by Gasteiger charge is 2.47. The number of amides is 6. The molecule has 2 aliphatic heterocycles. The first kappa shape index (κ1) is 88.1. The smallest absolute Gasteiger partial charge is 0.335 e. The van der Waals surface area contributed by atoms with Gasteiger partial charge in [0.15, 0.2) is 0 Å². The van der Waals surface area contributed by atoms with Crippen LogP contribution in [0.1, 0.15) is 79.2 Å². The van der Waals surface area contributed by atoms with Gasteiger partial charge >= 0.3 is 23.9 Å². The molecule has 0 fully saturated rings. The van der Waals surface area contributed by atoms with Crippen LogP contribution in [0.4, 0.5) is 0 Å². The van der Waals surface area contributed by atoms with Crippen LogP contribution in [0.15, 0.2) is 330 Å². The van der Waals surface area contributed by atoms with Gasteiger partial charge in [-0.3, -0.25) is 38.6 Å². The molecule has 15 aromatic rings. The van der Waals surface area contributed by atoms with Gasteiger partial charge in [0.2, 0.25) is 11.8 Å². The molecule has 0 radical (unpaired) electrons. The molecule has 0 aromatic heterocycles. The van der Waals surface area contributed by atoms with Gasteiger partial charge in [-0.05, 0) is 194 Å². The van der Waals surface area contributed by atoms with Crippen LogP contribution in [-0.2, 0) is 41.6 Å². The standard InChI is InChI=1S/C108H80N4O22/c1-7-51-109-103(117)85(53-63-23-15-13-16-24-63)111-105(119)81-59-87(127-69-43-35-65(36-44-69)123-73-27-19-31-77(55-73)131-91(113)9-3)97-99-89(129-71-47-39-67(40-48-71)125-75-29-21-33-79(57-75)133-93(115)11-5)61-83-96-84(108(122)112(107(83)121)86(104(118)110-52-8-2)54-64-25-17-14-18-26-64)62-90(130-72-49-41-68(42-50-72)126-76-30-22-34-80(58-76)134-94(116)12-6)100(102(96)99)98-88(60-82(106(111)120)95(81)101(97)98)128-70-45-37-66(38-46-70)124-74-28-20-32-78(56-74)132-92(114)10-4/h9-50,55-62,85-86H,3-8,51-54H2,1-2H3,(H,109,117)(H,110,118). The lowest BCUT2D eigenvalue weighted by Gasteiger charge is -2.36. The first-order valence-electron chi connectivity index (χ1n) is 42.6. The highest BCUT2D eigenvalue weighted by Crippen LogP contribution is 2.59. The summed E-state index contributed by atoms with van der Waals surface area (Å²) in [5.41, 5.74) is 0.576. The quantitative estimate of drug-likeness (QED) is 0.00920. The summed E-state index contributed by atoms with van der Waals surface area (Å²) in [4.78, 5) is 149. The molecule has 26 heteroatoms. The predicted molar refractivity (Wildman–Crippen MR) is 499 cm³/mol. The molecule has 2 N–H and O–H groups in total. The highest BCUT2D eigenvalue weighted by atomic mass is 16.6. The van der Waals surface area contributed by atoms with Gasteiger partial charge in [-0.15, -0.1) is 0 Å². The van der Waals surface area contributed by atoms with Crippen LogP contribution in [0.25, 0.3) is 43.1 Å². The summed E-state index contributed by atoms with van der Waals surface area (Å²) in [6, 6.07) is 71.6. The highest BCUT2D eigenvalue weighted by molar-refractivity contribution is 6.45. The Bertz CT molecular complexity index is 6440. The molecule has 15 aromatic carbocycles. The zero-order chi connectivity index (χ0) is 93.2. The molecule has 0 bridgehead atoms. The minimum atomic E-state index is -1.51. The summed E-state index contributed by atoms with van der Waals surface area (Å²) in [5.74, 6) is -4.97. The molecule has 0 saturated heterocycles. The minimum Gasteiger partial charge on any atom is -0.457 e. The van der Waals surface area contributed by atoms with Crippen LogP contribution >= 0.6 is 0 Å². The number of carbonyl (C=O) groups is 10. The number of hydrogen-bond donors (Lipinski definition) is 2. The number of benzene rings is 15. The van der Waals surface area contributed by atoms with Crippen molar-refractivity contribution >= 4 is 102 Å². The van der Waals surface area contributed by atoms with Crippen LogP contribution in [0.5, 0.6) is 115 Å². The lowest BCUT2D eigenvalue weighted by molar-refractivity contribution is -0.129. The fraction of sp³-hybridized carbons (Fsp3) is 0.0926. The second-order valence-electron chi connectivity index (χ2n) is 30.7. The largest absolute Gasteiger partial charge is 0.457 e. The van der Waals surface area contributed by atoms with E-state index in [2.05, 4.69) is 36.9 Å². The molecule has 6 amide bonds. The monoisotopic (exact) mass is 1780 g/mol. The molecule has 0 saturated carbocycles. The molecule has 0 spiro atoms. The summed E-state index contributed by atoms with van der Waals surface area (Å²) >= 11 is 0. The van der Waals surface area contributed by atoms with Gasteiger partial charge in [-0.1, -0.05) is 125 Å². The molecule has 664 valence electrons. The van der Waals surface area contributed by atoms with Crippen molar-refractivity contribution in [1.82, 2.24) is 20.4 Å². The van der Waals surface area contributed by atoms with Gasteiger partial charge in [0.1, 0.15) is 127 Å². The molecule has 134 heavy (non-hydrogen) atoms. The Morgan fingerprint density at radius 3 is 0.716 bits per heavy atom. The van der Waals surface area contributed by atoms with E-state index in [1.807, 2.05) is 13.8 Å². The van der Waals surface area contributed by atoms with E-state index in [-0.39, 0.29) is 206 Å². The van der Waals surface area contributed by atoms with E-state index in [4.69, 9.17) is 56.8 Å². The number of imide groups is 2. The first-order valence-corrected chi connectivity index (χ1v) is 42.6. The molecule has 2 aliphatic rings. The van der Waals surface area contributed by atoms with Gasteiger partial charge in [-0.2, -0.15) is 0 Å². The third kappa shape index (κ3) is 18.9. The number of nitrogens with zero attached hydrogens (tertiary/aromatic N) is 2. The van der Waals surface area contributed by atoms with Crippen LogP contribution in [0, 0.1) is 0 Å². The summed E-state index contributed by atoms with van der Waals surface area (Å²) in [6.45, 7) is 18.1. The minimum absolute atomic E-state index is 0.00801. The van der Waals surface area contributed by atoms with E-state index >= 15 is 28.8 Å². The zero-order valence-corrected chi connectivity index (χ0v) is 72.0. The third-order valence-electron chi connectivity index (χ3n) is 21.7. The Labute approximate surface area is 766 Å². The Hall–Kier alpha value is -17.9. The Morgan fingerprint density at radius 1 is 0.269 bits per heavy atom.